The van der Waals surface area contributed by atoms with Crippen LogP contribution in [0.1, 0.15) is 44.4 Å². The molecule has 1 aromatic heterocycles. The van der Waals surface area contributed by atoms with Gasteiger partial charge in [-0.2, -0.15) is 0 Å². The van der Waals surface area contributed by atoms with Gasteiger partial charge in [-0.1, -0.05) is 32.3 Å². The monoisotopic (exact) mass is 366 g/mol. The van der Waals surface area contributed by atoms with E-state index in [1.807, 2.05) is 24.4 Å². The first-order valence-electron chi connectivity index (χ1n) is 8.09. The van der Waals surface area contributed by atoms with Gasteiger partial charge in [0.25, 0.3) is 11.1 Å². The number of rotatable bonds is 8. The van der Waals surface area contributed by atoms with Crippen LogP contribution in [-0.2, 0) is 9.59 Å². The van der Waals surface area contributed by atoms with Crippen LogP contribution in [0.3, 0.4) is 0 Å². The quantitative estimate of drug-likeness (QED) is 0.560. The van der Waals surface area contributed by atoms with Gasteiger partial charge in [0.05, 0.1) is 4.91 Å². The van der Waals surface area contributed by atoms with Crippen molar-refractivity contribution in [1.29, 1.82) is 0 Å². The molecule has 1 N–H and O–H groups in total. The van der Waals surface area contributed by atoms with E-state index in [4.69, 9.17) is 0 Å². The number of amides is 3. The first-order chi connectivity index (χ1) is 11.5. The third kappa shape index (κ3) is 5.21. The molecule has 0 saturated carbocycles. The first kappa shape index (κ1) is 18.7. The van der Waals surface area contributed by atoms with Gasteiger partial charge in [-0.15, -0.1) is 11.3 Å². The van der Waals surface area contributed by atoms with Crippen molar-refractivity contribution in [1.82, 2.24) is 10.2 Å². The highest BCUT2D eigenvalue weighted by molar-refractivity contribution is 8.18. The van der Waals surface area contributed by atoms with Crippen molar-refractivity contribution >= 4 is 46.2 Å². The van der Waals surface area contributed by atoms with E-state index in [1.54, 1.807) is 6.08 Å². The SMILES string of the molecule is CCCCCC(C)NC(=O)CN1C(=O)S/C(=C\c2cccs2)C1=O. The zero-order valence-electron chi connectivity index (χ0n) is 13.9. The number of carbonyl (C=O) groups is 3. The molecule has 0 aromatic carbocycles. The van der Waals surface area contributed by atoms with Crippen molar-refractivity contribution in [2.45, 2.75) is 45.6 Å². The maximum absolute atomic E-state index is 12.3. The number of hydrogen-bond donors (Lipinski definition) is 1. The summed E-state index contributed by atoms with van der Waals surface area (Å²) >= 11 is 2.38. The van der Waals surface area contributed by atoms with Crippen LogP contribution >= 0.6 is 23.1 Å². The van der Waals surface area contributed by atoms with E-state index in [9.17, 15) is 14.4 Å². The average molecular weight is 367 g/mol. The summed E-state index contributed by atoms with van der Waals surface area (Å²) in [6.07, 6.45) is 5.93. The normalized spacial score (nSPS) is 17.6. The van der Waals surface area contributed by atoms with Gasteiger partial charge < -0.3 is 5.32 Å². The molecule has 1 atom stereocenters. The lowest BCUT2D eigenvalue weighted by Gasteiger charge is -2.16. The number of nitrogens with one attached hydrogen (secondary N) is 1. The fourth-order valence-corrected chi connectivity index (χ4v) is 3.94. The zero-order valence-corrected chi connectivity index (χ0v) is 15.5. The van der Waals surface area contributed by atoms with Crippen molar-refractivity contribution in [3.63, 3.8) is 0 Å². The highest BCUT2D eigenvalue weighted by atomic mass is 32.2. The van der Waals surface area contributed by atoms with Crippen LogP contribution in [-0.4, -0.2) is 34.5 Å². The summed E-state index contributed by atoms with van der Waals surface area (Å²) in [5, 5.41) is 4.37. The van der Waals surface area contributed by atoms with Crippen molar-refractivity contribution in [3.05, 3.63) is 27.3 Å². The van der Waals surface area contributed by atoms with Gasteiger partial charge in [-0.05, 0) is 42.6 Å². The summed E-state index contributed by atoms with van der Waals surface area (Å²) in [4.78, 5) is 38.7. The van der Waals surface area contributed by atoms with Crippen molar-refractivity contribution in [2.75, 3.05) is 6.54 Å². The highest BCUT2D eigenvalue weighted by Gasteiger charge is 2.36. The molecule has 24 heavy (non-hydrogen) atoms. The minimum Gasteiger partial charge on any atom is -0.352 e. The van der Waals surface area contributed by atoms with E-state index in [0.29, 0.717) is 4.91 Å². The fourth-order valence-electron chi connectivity index (χ4n) is 2.38. The van der Waals surface area contributed by atoms with Crippen molar-refractivity contribution in [3.8, 4) is 0 Å². The standard InChI is InChI=1S/C17H22N2O3S2/c1-3-4-5-7-12(2)18-15(20)11-19-16(21)14(24-17(19)22)10-13-8-6-9-23-13/h6,8-10,12H,3-5,7,11H2,1-2H3,(H,18,20)/b14-10-. The summed E-state index contributed by atoms with van der Waals surface area (Å²) in [5.41, 5.74) is 0. The summed E-state index contributed by atoms with van der Waals surface area (Å²) < 4.78 is 0. The summed E-state index contributed by atoms with van der Waals surface area (Å²) in [5.74, 6) is -0.689. The number of thioether (sulfide) groups is 1. The second-order valence-electron chi connectivity index (χ2n) is 5.75. The predicted molar refractivity (Wildman–Crippen MR) is 98.7 cm³/mol. The Morgan fingerprint density at radius 1 is 1.38 bits per heavy atom. The van der Waals surface area contributed by atoms with Crippen LogP contribution in [0, 0.1) is 0 Å². The molecule has 0 spiro atoms. The largest absolute Gasteiger partial charge is 0.352 e. The molecule has 3 amide bonds. The minimum atomic E-state index is -0.396. The summed E-state index contributed by atoms with van der Waals surface area (Å²) in [6, 6.07) is 3.81. The Bertz CT molecular complexity index is 626. The minimum absolute atomic E-state index is 0.0469. The molecular formula is C17H22N2O3S2. The highest BCUT2D eigenvalue weighted by Crippen LogP contribution is 2.32. The van der Waals surface area contributed by atoms with Gasteiger partial charge in [0.1, 0.15) is 6.54 Å². The van der Waals surface area contributed by atoms with Crippen LogP contribution in [0.2, 0.25) is 0 Å². The Morgan fingerprint density at radius 3 is 2.83 bits per heavy atom. The molecule has 130 valence electrons. The van der Waals surface area contributed by atoms with Gasteiger partial charge in [0.15, 0.2) is 0 Å². The number of unbranched alkanes of at least 4 members (excludes halogenated alkanes) is 2. The molecule has 7 heteroatoms. The second-order valence-corrected chi connectivity index (χ2v) is 7.72. The zero-order chi connectivity index (χ0) is 17.5. The fraction of sp³-hybridized carbons (Fsp3) is 0.471. The average Bonchev–Trinajstić information content (AvgIpc) is 3.12. The first-order valence-corrected chi connectivity index (χ1v) is 9.79. The van der Waals surface area contributed by atoms with E-state index < -0.39 is 11.1 Å². The lowest BCUT2D eigenvalue weighted by molar-refractivity contribution is -0.129. The van der Waals surface area contributed by atoms with Crippen molar-refractivity contribution in [2.24, 2.45) is 0 Å². The Labute approximate surface area is 150 Å². The summed E-state index contributed by atoms with van der Waals surface area (Å²) in [6.45, 7) is 3.86. The second kappa shape index (κ2) is 9.03. The molecular weight excluding hydrogens is 344 g/mol. The van der Waals surface area contributed by atoms with Crippen LogP contribution in [0.5, 0.6) is 0 Å². The smallest absolute Gasteiger partial charge is 0.294 e. The van der Waals surface area contributed by atoms with Gasteiger partial charge in [-0.25, -0.2) is 0 Å². The molecule has 0 aliphatic carbocycles. The third-order valence-electron chi connectivity index (χ3n) is 3.64. The Kier molecular flexibility index (Phi) is 7.05. The molecule has 1 aliphatic heterocycles. The van der Waals surface area contributed by atoms with Crippen LogP contribution in [0.4, 0.5) is 4.79 Å². The van der Waals surface area contributed by atoms with Crippen LogP contribution < -0.4 is 5.32 Å². The molecule has 0 bridgehead atoms. The Morgan fingerprint density at radius 2 is 2.17 bits per heavy atom. The van der Waals surface area contributed by atoms with E-state index in [1.165, 1.54) is 11.3 Å². The number of nitrogens with zero attached hydrogens (tertiary/aromatic N) is 1. The molecule has 1 aromatic rings. The number of imide groups is 1. The number of hydrogen-bond acceptors (Lipinski definition) is 5. The molecule has 1 aliphatic rings. The number of carbonyl (C=O) groups excluding carboxylic acids is 3. The molecule has 1 saturated heterocycles. The van der Waals surface area contributed by atoms with Gasteiger partial charge in [-0.3, -0.25) is 19.3 Å². The van der Waals surface area contributed by atoms with Crippen LogP contribution in [0.15, 0.2) is 22.4 Å². The van der Waals surface area contributed by atoms with Crippen molar-refractivity contribution < 1.29 is 14.4 Å². The predicted octanol–water partition coefficient (Wildman–Crippen LogP) is 3.87. The van der Waals surface area contributed by atoms with Gasteiger partial charge in [0, 0.05) is 10.9 Å². The van der Waals surface area contributed by atoms with E-state index >= 15 is 0 Å². The summed E-state index contributed by atoms with van der Waals surface area (Å²) in [7, 11) is 0. The molecule has 1 fully saturated rings. The van der Waals surface area contributed by atoms with E-state index in [-0.39, 0.29) is 18.5 Å². The lowest BCUT2D eigenvalue weighted by atomic mass is 10.1. The molecule has 0 radical (unpaired) electrons. The molecule has 5 nitrogen and oxygen atoms in total. The topological polar surface area (TPSA) is 66.5 Å². The van der Waals surface area contributed by atoms with E-state index in [0.717, 1.165) is 47.2 Å². The lowest BCUT2D eigenvalue weighted by Crippen LogP contribution is -2.42. The van der Waals surface area contributed by atoms with Gasteiger partial charge >= 0.3 is 0 Å². The van der Waals surface area contributed by atoms with E-state index in [2.05, 4.69) is 12.2 Å². The molecule has 2 rings (SSSR count). The third-order valence-corrected chi connectivity index (χ3v) is 5.37. The maximum Gasteiger partial charge on any atom is 0.294 e. The molecule has 1 unspecified atom stereocenters. The van der Waals surface area contributed by atoms with Gasteiger partial charge in [0.2, 0.25) is 5.91 Å². The molecule has 2 heterocycles. The maximum atomic E-state index is 12.3. The Balaban J connectivity index is 1.89. The Hall–Kier alpha value is -1.60. The van der Waals surface area contributed by atoms with Crippen LogP contribution in [0.25, 0.3) is 6.08 Å². The number of thiophene rings is 1.